The third-order valence-corrected chi connectivity index (χ3v) is 6.25. The van der Waals surface area contributed by atoms with E-state index in [-0.39, 0.29) is 34.8 Å². The normalized spacial score (nSPS) is 13.4. The van der Waals surface area contributed by atoms with Crippen molar-refractivity contribution in [3.8, 4) is 0 Å². The van der Waals surface area contributed by atoms with Crippen molar-refractivity contribution in [3.63, 3.8) is 0 Å². The molecule has 0 spiro atoms. The van der Waals surface area contributed by atoms with Crippen molar-refractivity contribution in [2.45, 2.75) is 24.7 Å². The number of hydrogen-bond donors (Lipinski definition) is 1. The summed E-state index contributed by atoms with van der Waals surface area (Å²) in [5, 5.41) is 3.71. The molecular weight excluding hydrogens is 518 g/mol. The molecule has 0 aliphatic rings. The zero-order valence-electron chi connectivity index (χ0n) is 18.6. The molecule has 0 saturated heterocycles. The van der Waals surface area contributed by atoms with E-state index in [0.717, 1.165) is 23.8 Å². The van der Waals surface area contributed by atoms with Crippen LogP contribution in [0.5, 0.6) is 0 Å². The molecule has 0 saturated carbocycles. The van der Waals surface area contributed by atoms with Gasteiger partial charge in [0.2, 0.25) is 0 Å². The lowest BCUT2D eigenvalue weighted by molar-refractivity contribution is -0.137. The lowest BCUT2D eigenvalue weighted by Gasteiger charge is -2.36. The highest BCUT2D eigenvalue weighted by Gasteiger charge is 2.39. The predicted octanol–water partition coefficient (Wildman–Crippen LogP) is 7.96. The van der Waals surface area contributed by atoms with Gasteiger partial charge in [-0.05, 0) is 53.6 Å². The molecule has 0 radical (unpaired) electrons. The summed E-state index contributed by atoms with van der Waals surface area (Å²) < 4.78 is 70.3. The monoisotopic (exact) mass is 536 g/mol. The maximum atomic E-state index is 14.6. The van der Waals surface area contributed by atoms with Crippen molar-refractivity contribution < 1.29 is 22.0 Å². The van der Waals surface area contributed by atoms with Crippen LogP contribution < -0.4 is 5.32 Å². The minimum atomic E-state index is -4.79. The van der Waals surface area contributed by atoms with E-state index in [1.54, 1.807) is 36.4 Å². The van der Waals surface area contributed by atoms with Gasteiger partial charge in [-0.15, -0.1) is 0 Å². The number of nitrogens with one attached hydrogen (secondary N) is 1. The van der Waals surface area contributed by atoms with Crippen molar-refractivity contribution in [1.82, 2.24) is 10.3 Å². The van der Waals surface area contributed by atoms with E-state index in [1.807, 2.05) is 0 Å². The Labute approximate surface area is 214 Å². The molecule has 1 aromatic heterocycles. The first-order chi connectivity index (χ1) is 17.1. The SMILES string of the molecule is Fc1cc(C(F)(F)F)cc(C(Cc2ccccc2)(NCc2ccc(Cl)cc2F)c2ccc(Cl)cn2)c1. The maximum absolute atomic E-state index is 14.6. The van der Waals surface area contributed by atoms with Crippen LogP contribution in [0, 0.1) is 11.6 Å². The number of hydrogen-bond acceptors (Lipinski definition) is 2. The van der Waals surface area contributed by atoms with Gasteiger partial charge < -0.3 is 0 Å². The molecule has 1 N–H and O–H groups in total. The average molecular weight is 537 g/mol. The zero-order valence-corrected chi connectivity index (χ0v) is 20.1. The Morgan fingerprint density at radius 1 is 0.778 bits per heavy atom. The molecule has 36 heavy (non-hydrogen) atoms. The topological polar surface area (TPSA) is 24.9 Å². The van der Waals surface area contributed by atoms with Gasteiger partial charge in [-0.3, -0.25) is 10.3 Å². The quantitative estimate of drug-likeness (QED) is 0.242. The molecule has 3 aromatic carbocycles. The Hall–Kier alpha value is -3.00. The second-order valence-corrected chi connectivity index (χ2v) is 9.12. The molecule has 0 aliphatic carbocycles. The van der Waals surface area contributed by atoms with Crippen LogP contribution >= 0.6 is 23.2 Å². The van der Waals surface area contributed by atoms with Gasteiger partial charge >= 0.3 is 6.18 Å². The number of aromatic nitrogens is 1. The molecule has 186 valence electrons. The fraction of sp³-hybridized carbons (Fsp3) is 0.148. The Morgan fingerprint density at radius 2 is 1.47 bits per heavy atom. The number of pyridine rings is 1. The molecule has 9 heteroatoms. The van der Waals surface area contributed by atoms with Crippen LogP contribution in [-0.4, -0.2) is 4.98 Å². The summed E-state index contributed by atoms with van der Waals surface area (Å²) in [6, 6.07) is 18.5. The maximum Gasteiger partial charge on any atom is 0.416 e. The Bertz CT molecular complexity index is 1340. The van der Waals surface area contributed by atoms with Gasteiger partial charge in [-0.25, -0.2) is 8.78 Å². The molecule has 1 unspecified atom stereocenters. The molecule has 0 amide bonds. The summed E-state index contributed by atoms with van der Waals surface area (Å²) in [5.74, 6) is -1.66. The highest BCUT2D eigenvalue weighted by Crippen LogP contribution is 2.38. The van der Waals surface area contributed by atoms with Crippen molar-refractivity contribution in [3.05, 3.63) is 135 Å². The number of benzene rings is 3. The molecule has 0 aliphatic heterocycles. The molecule has 0 fully saturated rings. The van der Waals surface area contributed by atoms with Gasteiger partial charge in [-0.2, -0.15) is 13.2 Å². The summed E-state index contributed by atoms with van der Waals surface area (Å²) in [6.07, 6.45) is -3.35. The van der Waals surface area contributed by atoms with Gasteiger partial charge in [0.05, 0.1) is 21.8 Å². The van der Waals surface area contributed by atoms with E-state index >= 15 is 0 Å². The first kappa shape index (κ1) is 26.1. The van der Waals surface area contributed by atoms with E-state index in [4.69, 9.17) is 23.2 Å². The number of nitrogens with zero attached hydrogens (tertiary/aromatic N) is 1. The summed E-state index contributed by atoms with van der Waals surface area (Å²) in [5.41, 5.74) is -1.43. The van der Waals surface area contributed by atoms with E-state index in [1.165, 1.54) is 24.4 Å². The fourth-order valence-corrected chi connectivity index (χ4v) is 4.31. The zero-order chi connectivity index (χ0) is 25.9. The van der Waals surface area contributed by atoms with E-state index in [2.05, 4.69) is 10.3 Å². The Morgan fingerprint density at radius 3 is 2.11 bits per heavy atom. The van der Waals surface area contributed by atoms with Crippen LogP contribution in [0.15, 0.2) is 85.1 Å². The molecular formula is C27H19Cl2F5N2. The second-order valence-electron chi connectivity index (χ2n) is 8.24. The third-order valence-electron chi connectivity index (χ3n) is 5.79. The second kappa shape index (κ2) is 10.5. The molecule has 4 rings (SSSR count). The minimum Gasteiger partial charge on any atom is -0.298 e. The van der Waals surface area contributed by atoms with Crippen molar-refractivity contribution >= 4 is 23.2 Å². The van der Waals surface area contributed by atoms with Gasteiger partial charge in [0.25, 0.3) is 0 Å². The van der Waals surface area contributed by atoms with E-state index in [9.17, 15) is 22.0 Å². The van der Waals surface area contributed by atoms with Gasteiger partial charge in [0, 0.05) is 29.7 Å². The van der Waals surface area contributed by atoms with Gasteiger partial charge in [0.1, 0.15) is 11.6 Å². The Kier molecular flexibility index (Phi) is 7.64. The van der Waals surface area contributed by atoms with Crippen molar-refractivity contribution in [2.24, 2.45) is 0 Å². The molecule has 1 atom stereocenters. The summed E-state index contributed by atoms with van der Waals surface area (Å²) in [6.45, 7) is -0.113. The highest BCUT2D eigenvalue weighted by molar-refractivity contribution is 6.30. The molecule has 4 aromatic rings. The predicted molar refractivity (Wildman–Crippen MR) is 130 cm³/mol. The number of halogens is 7. The van der Waals surface area contributed by atoms with Crippen LogP contribution in [0.3, 0.4) is 0 Å². The molecule has 2 nitrogen and oxygen atoms in total. The number of rotatable bonds is 7. The lowest BCUT2D eigenvalue weighted by atomic mass is 9.79. The summed E-state index contributed by atoms with van der Waals surface area (Å²) >= 11 is 11.9. The van der Waals surface area contributed by atoms with E-state index in [0.29, 0.717) is 11.1 Å². The van der Waals surface area contributed by atoms with Crippen LogP contribution in [0.1, 0.15) is 27.9 Å². The van der Waals surface area contributed by atoms with Crippen LogP contribution in [0.2, 0.25) is 10.0 Å². The fourth-order valence-electron chi connectivity index (χ4n) is 4.04. The lowest BCUT2D eigenvalue weighted by Crippen LogP contribution is -2.46. The van der Waals surface area contributed by atoms with Crippen LogP contribution in [0.25, 0.3) is 0 Å². The summed E-state index contributed by atoms with van der Waals surface area (Å²) in [4.78, 5) is 4.38. The minimum absolute atomic E-state index is 0.0251. The first-order valence-electron chi connectivity index (χ1n) is 10.8. The number of alkyl halides is 3. The third kappa shape index (κ3) is 5.86. The van der Waals surface area contributed by atoms with Crippen molar-refractivity contribution in [1.29, 1.82) is 0 Å². The smallest absolute Gasteiger partial charge is 0.298 e. The largest absolute Gasteiger partial charge is 0.416 e. The van der Waals surface area contributed by atoms with Gasteiger partial charge in [0.15, 0.2) is 0 Å². The molecule has 0 bridgehead atoms. The standard InChI is InChI=1S/C27H19Cl2F5N2/c28-21-7-6-18(24(31)13-21)15-36-26(14-17-4-2-1-3-5-17,25-9-8-22(29)16-35-25)19-10-20(27(32,33)34)12-23(30)11-19/h1-13,16,36H,14-15H2. The van der Waals surface area contributed by atoms with E-state index < -0.39 is 28.9 Å². The summed E-state index contributed by atoms with van der Waals surface area (Å²) in [7, 11) is 0. The Balaban J connectivity index is 1.93. The molecule has 1 heterocycles. The first-order valence-corrected chi connectivity index (χ1v) is 11.6. The average Bonchev–Trinajstić information content (AvgIpc) is 2.83. The van der Waals surface area contributed by atoms with Crippen LogP contribution in [-0.2, 0) is 24.7 Å². The van der Waals surface area contributed by atoms with Crippen LogP contribution in [0.4, 0.5) is 22.0 Å². The van der Waals surface area contributed by atoms with Gasteiger partial charge in [-0.1, -0.05) is 59.6 Å². The van der Waals surface area contributed by atoms with Crippen molar-refractivity contribution in [2.75, 3.05) is 0 Å². The highest BCUT2D eigenvalue weighted by atomic mass is 35.5.